The van der Waals surface area contributed by atoms with Gasteiger partial charge in [0.1, 0.15) is 22.8 Å². The van der Waals surface area contributed by atoms with Crippen LogP contribution >= 0.6 is 0 Å². The molecule has 0 unspecified atom stereocenters. The van der Waals surface area contributed by atoms with E-state index in [9.17, 15) is 9.18 Å². The van der Waals surface area contributed by atoms with E-state index in [-0.39, 0.29) is 11.9 Å². The fraction of sp³-hybridized carbons (Fsp3) is 0.182. The third kappa shape index (κ3) is 2.97. The lowest BCUT2D eigenvalue weighted by Crippen LogP contribution is -2.29. The summed E-state index contributed by atoms with van der Waals surface area (Å²) in [5.74, 6) is 0.112. The summed E-state index contributed by atoms with van der Waals surface area (Å²) in [7, 11) is 1.72. The van der Waals surface area contributed by atoms with Gasteiger partial charge in [-0.05, 0) is 38.1 Å². The van der Waals surface area contributed by atoms with Crippen LogP contribution in [0.4, 0.5) is 4.39 Å². The lowest BCUT2D eigenvalue weighted by atomic mass is 10.1. The zero-order valence-corrected chi connectivity index (χ0v) is 15.9. The maximum Gasteiger partial charge on any atom is 0.257 e. The molecule has 142 valence electrons. The van der Waals surface area contributed by atoms with Crippen molar-refractivity contribution < 1.29 is 13.6 Å². The fourth-order valence-electron chi connectivity index (χ4n) is 3.25. The molecule has 0 radical (unpaired) electrons. The number of rotatable bonds is 4. The Bertz CT molecular complexity index is 1130. The number of carbonyl (C=O) groups is 1. The van der Waals surface area contributed by atoms with Crippen molar-refractivity contribution in [1.82, 2.24) is 14.7 Å². The van der Waals surface area contributed by atoms with Gasteiger partial charge < -0.3 is 9.32 Å². The quantitative estimate of drug-likeness (QED) is 0.508. The van der Waals surface area contributed by atoms with E-state index < -0.39 is 5.82 Å². The van der Waals surface area contributed by atoms with E-state index in [0.717, 1.165) is 11.0 Å². The van der Waals surface area contributed by atoms with Crippen molar-refractivity contribution in [3.8, 4) is 5.69 Å². The van der Waals surface area contributed by atoms with Gasteiger partial charge in [0.15, 0.2) is 0 Å². The topological polar surface area (TPSA) is 51.3 Å². The molecule has 2 aromatic heterocycles. The second kappa shape index (κ2) is 6.96. The molecular formula is C22H20FN3O2. The summed E-state index contributed by atoms with van der Waals surface area (Å²) >= 11 is 0. The molecule has 0 saturated carbocycles. The molecule has 0 aliphatic carbocycles. The first-order valence-corrected chi connectivity index (χ1v) is 9.02. The van der Waals surface area contributed by atoms with Crippen molar-refractivity contribution >= 4 is 16.9 Å². The van der Waals surface area contributed by atoms with E-state index in [1.165, 1.54) is 16.9 Å². The fourth-order valence-corrected chi connectivity index (χ4v) is 3.25. The van der Waals surface area contributed by atoms with E-state index >= 15 is 0 Å². The number of amides is 1. The Labute approximate surface area is 162 Å². The summed E-state index contributed by atoms with van der Waals surface area (Å²) in [5.41, 5.74) is 2.10. The minimum absolute atomic E-state index is 0.201. The number of fused-ring (bicyclic) bond motifs is 1. The molecule has 6 heteroatoms. The largest absolute Gasteiger partial charge is 0.459 e. The van der Waals surface area contributed by atoms with Crippen LogP contribution in [0, 0.1) is 12.7 Å². The molecule has 5 nitrogen and oxygen atoms in total. The number of halogens is 1. The first-order chi connectivity index (χ1) is 13.5. The number of nitrogens with zero attached hydrogens (tertiary/aromatic N) is 3. The van der Waals surface area contributed by atoms with Crippen LogP contribution in [0.2, 0.25) is 0 Å². The van der Waals surface area contributed by atoms with Gasteiger partial charge >= 0.3 is 0 Å². The van der Waals surface area contributed by atoms with Crippen LogP contribution in [0.15, 0.2) is 65.2 Å². The van der Waals surface area contributed by atoms with E-state index in [4.69, 9.17) is 4.42 Å². The van der Waals surface area contributed by atoms with Crippen molar-refractivity contribution in [2.75, 3.05) is 7.05 Å². The van der Waals surface area contributed by atoms with Crippen molar-refractivity contribution in [2.24, 2.45) is 0 Å². The predicted molar refractivity (Wildman–Crippen MR) is 105 cm³/mol. The van der Waals surface area contributed by atoms with Crippen LogP contribution in [0.25, 0.3) is 16.7 Å². The highest BCUT2D eigenvalue weighted by molar-refractivity contribution is 5.95. The molecule has 4 aromatic rings. The summed E-state index contributed by atoms with van der Waals surface area (Å²) in [5, 5.41) is 5.22. The normalized spacial score (nSPS) is 12.3. The summed E-state index contributed by atoms with van der Waals surface area (Å²) in [6, 6.07) is 15.8. The Hall–Kier alpha value is -3.41. The Balaban J connectivity index is 1.63. The standard InChI is InChI=1S/C22H20FN3O2/c1-14-17(13-24-26(14)19-10-6-5-9-18(19)23)22(27)25(3)15(2)21-12-16-8-4-7-11-20(16)28-21/h4-13,15H,1-3H3/t15-/m0/s1. The molecule has 1 atom stereocenters. The van der Waals surface area contributed by atoms with Gasteiger partial charge in [-0.3, -0.25) is 4.79 Å². The van der Waals surface area contributed by atoms with E-state index in [2.05, 4.69) is 5.10 Å². The van der Waals surface area contributed by atoms with E-state index in [1.807, 2.05) is 37.3 Å². The van der Waals surface area contributed by atoms with Crippen molar-refractivity contribution in [1.29, 1.82) is 0 Å². The second-order valence-electron chi connectivity index (χ2n) is 6.79. The lowest BCUT2D eigenvalue weighted by Gasteiger charge is -2.23. The molecule has 1 amide bonds. The Morgan fingerprint density at radius 2 is 1.89 bits per heavy atom. The highest BCUT2D eigenvalue weighted by atomic mass is 19.1. The van der Waals surface area contributed by atoms with Gasteiger partial charge in [0.05, 0.1) is 23.5 Å². The van der Waals surface area contributed by atoms with E-state index in [0.29, 0.717) is 22.7 Å². The lowest BCUT2D eigenvalue weighted by molar-refractivity contribution is 0.0726. The third-order valence-corrected chi connectivity index (χ3v) is 5.08. The number of furan rings is 1. The average Bonchev–Trinajstić information content (AvgIpc) is 3.30. The Morgan fingerprint density at radius 3 is 2.64 bits per heavy atom. The van der Waals surface area contributed by atoms with Crippen molar-refractivity contribution in [3.05, 3.63) is 83.6 Å². The monoisotopic (exact) mass is 377 g/mol. The number of aromatic nitrogens is 2. The predicted octanol–water partition coefficient (Wildman–Crippen LogP) is 4.90. The first kappa shape index (κ1) is 18.0. The minimum Gasteiger partial charge on any atom is -0.459 e. The van der Waals surface area contributed by atoms with E-state index in [1.54, 1.807) is 37.1 Å². The molecule has 28 heavy (non-hydrogen) atoms. The highest BCUT2D eigenvalue weighted by Crippen LogP contribution is 2.28. The van der Waals surface area contributed by atoms with Crippen LogP contribution in [0.3, 0.4) is 0 Å². The molecule has 0 saturated heterocycles. The van der Waals surface area contributed by atoms with Gasteiger partial charge in [0.25, 0.3) is 5.91 Å². The van der Waals surface area contributed by atoms with Crippen LogP contribution in [-0.4, -0.2) is 27.6 Å². The molecule has 0 N–H and O–H groups in total. The smallest absolute Gasteiger partial charge is 0.257 e. The summed E-state index contributed by atoms with van der Waals surface area (Å²) in [4.78, 5) is 14.7. The highest BCUT2D eigenvalue weighted by Gasteiger charge is 2.25. The number of benzene rings is 2. The van der Waals surface area contributed by atoms with Crippen LogP contribution < -0.4 is 0 Å². The molecule has 4 rings (SSSR count). The summed E-state index contributed by atoms with van der Waals surface area (Å²) < 4.78 is 21.4. The molecule has 2 aromatic carbocycles. The van der Waals surface area contributed by atoms with Gasteiger partial charge in [-0.15, -0.1) is 0 Å². The molecular weight excluding hydrogens is 357 g/mol. The molecule has 2 heterocycles. The number of hydrogen-bond acceptors (Lipinski definition) is 3. The molecule has 0 aliphatic heterocycles. The minimum atomic E-state index is -0.392. The average molecular weight is 377 g/mol. The van der Waals surface area contributed by atoms with Crippen LogP contribution in [0.5, 0.6) is 0 Å². The summed E-state index contributed by atoms with van der Waals surface area (Å²) in [6.45, 7) is 3.67. The first-order valence-electron chi connectivity index (χ1n) is 9.02. The number of hydrogen-bond donors (Lipinski definition) is 0. The molecule has 0 bridgehead atoms. The zero-order valence-electron chi connectivity index (χ0n) is 15.9. The van der Waals surface area contributed by atoms with Gasteiger partial charge in [-0.25, -0.2) is 9.07 Å². The van der Waals surface area contributed by atoms with Crippen molar-refractivity contribution in [2.45, 2.75) is 19.9 Å². The van der Waals surface area contributed by atoms with Gasteiger partial charge in [-0.1, -0.05) is 30.3 Å². The Morgan fingerprint density at radius 1 is 1.18 bits per heavy atom. The Kier molecular flexibility index (Phi) is 4.47. The van der Waals surface area contributed by atoms with Gasteiger partial charge in [0.2, 0.25) is 0 Å². The van der Waals surface area contributed by atoms with Crippen molar-refractivity contribution in [3.63, 3.8) is 0 Å². The van der Waals surface area contributed by atoms with Crippen LogP contribution in [0.1, 0.15) is 34.8 Å². The SMILES string of the molecule is Cc1c(C(=O)N(C)[C@@H](C)c2cc3ccccc3o2)cnn1-c1ccccc1F. The number of para-hydroxylation sites is 2. The molecule has 0 aliphatic rings. The van der Waals surface area contributed by atoms with Gasteiger partial charge in [-0.2, -0.15) is 5.10 Å². The molecule has 0 spiro atoms. The number of carbonyl (C=O) groups excluding carboxylic acids is 1. The van der Waals surface area contributed by atoms with Crippen LogP contribution in [-0.2, 0) is 0 Å². The third-order valence-electron chi connectivity index (χ3n) is 5.08. The van der Waals surface area contributed by atoms with Gasteiger partial charge in [0, 0.05) is 12.4 Å². The second-order valence-corrected chi connectivity index (χ2v) is 6.79. The maximum absolute atomic E-state index is 14.1. The zero-order chi connectivity index (χ0) is 19.8. The maximum atomic E-state index is 14.1. The molecule has 0 fully saturated rings. The summed E-state index contributed by atoms with van der Waals surface area (Å²) in [6.07, 6.45) is 1.48.